The van der Waals surface area contributed by atoms with Crippen LogP contribution in [0.25, 0.3) is 0 Å². The van der Waals surface area contributed by atoms with E-state index in [2.05, 4.69) is 60.1 Å². The lowest BCUT2D eigenvalue weighted by Crippen LogP contribution is -2.49. The van der Waals surface area contributed by atoms with E-state index < -0.39 is 0 Å². The fourth-order valence-corrected chi connectivity index (χ4v) is 2.95. The van der Waals surface area contributed by atoms with Crippen molar-refractivity contribution in [2.24, 2.45) is 0 Å². The lowest BCUT2D eigenvalue weighted by Gasteiger charge is -2.37. The summed E-state index contributed by atoms with van der Waals surface area (Å²) in [6.07, 6.45) is 5.30. The molecule has 0 bridgehead atoms. The molecule has 2 atom stereocenters. The Balaban J connectivity index is 1.85. The number of hydrogen-bond acceptors (Lipinski definition) is 4. The van der Waals surface area contributed by atoms with Crippen LogP contribution < -0.4 is 10.6 Å². The fraction of sp³-hybridized carbons (Fsp3) is 0.706. The second kappa shape index (κ2) is 7.25. The Morgan fingerprint density at radius 1 is 1.35 bits per heavy atom. The van der Waals surface area contributed by atoms with Crippen LogP contribution in [-0.4, -0.2) is 46.1 Å². The van der Waals surface area contributed by atoms with E-state index in [9.17, 15) is 4.79 Å². The lowest BCUT2D eigenvalue weighted by molar-refractivity contribution is 0.145. The number of urea groups is 1. The van der Waals surface area contributed by atoms with E-state index in [1.54, 1.807) is 12.4 Å². The van der Waals surface area contributed by atoms with Crippen LogP contribution in [0.15, 0.2) is 12.4 Å². The first-order valence-corrected chi connectivity index (χ1v) is 8.43. The van der Waals surface area contributed by atoms with Crippen molar-refractivity contribution >= 4 is 11.7 Å². The Bertz CT molecular complexity index is 523. The molecule has 0 spiro atoms. The molecule has 128 valence electrons. The van der Waals surface area contributed by atoms with Gasteiger partial charge in [0.1, 0.15) is 5.82 Å². The molecule has 0 aromatic carbocycles. The van der Waals surface area contributed by atoms with Crippen LogP contribution in [0.2, 0.25) is 0 Å². The van der Waals surface area contributed by atoms with Gasteiger partial charge in [0.15, 0.2) is 0 Å². The molecule has 2 unspecified atom stereocenters. The number of likely N-dealkylation sites (tertiary alicyclic amines) is 1. The number of amides is 2. The Morgan fingerprint density at radius 2 is 2.00 bits per heavy atom. The van der Waals surface area contributed by atoms with Crippen molar-refractivity contribution in [3.63, 3.8) is 0 Å². The van der Waals surface area contributed by atoms with Crippen LogP contribution in [0.5, 0.6) is 0 Å². The number of rotatable bonds is 3. The van der Waals surface area contributed by atoms with E-state index in [1.807, 2.05) is 0 Å². The Morgan fingerprint density at radius 3 is 2.52 bits per heavy atom. The molecule has 1 aliphatic heterocycles. The highest BCUT2D eigenvalue weighted by Crippen LogP contribution is 2.19. The van der Waals surface area contributed by atoms with Crippen molar-refractivity contribution in [3.8, 4) is 0 Å². The third-order valence-corrected chi connectivity index (χ3v) is 4.34. The normalized spacial score (nSPS) is 22.7. The number of hydrogen-bond donors (Lipinski definition) is 2. The molecule has 2 heterocycles. The minimum absolute atomic E-state index is 0.0931. The van der Waals surface area contributed by atoms with Gasteiger partial charge < -0.3 is 15.5 Å². The van der Waals surface area contributed by atoms with E-state index >= 15 is 0 Å². The van der Waals surface area contributed by atoms with Crippen molar-refractivity contribution < 1.29 is 4.79 Å². The topological polar surface area (TPSA) is 70.2 Å². The van der Waals surface area contributed by atoms with Gasteiger partial charge >= 0.3 is 6.03 Å². The molecular formula is C17H29N5O. The first-order valence-electron chi connectivity index (χ1n) is 8.43. The molecule has 1 aromatic rings. The average molecular weight is 319 g/mol. The zero-order chi connectivity index (χ0) is 17.0. The van der Waals surface area contributed by atoms with E-state index in [-0.39, 0.29) is 17.5 Å². The summed E-state index contributed by atoms with van der Waals surface area (Å²) in [5.41, 5.74) is 0.527. The maximum atomic E-state index is 12.1. The molecule has 0 aliphatic carbocycles. The summed E-state index contributed by atoms with van der Waals surface area (Å²) in [5, 5.41) is 5.87. The number of nitrogens with zero attached hydrogens (tertiary/aromatic N) is 3. The van der Waals surface area contributed by atoms with Gasteiger partial charge in [-0.25, -0.2) is 14.8 Å². The maximum Gasteiger partial charge on any atom is 0.319 e. The van der Waals surface area contributed by atoms with Crippen molar-refractivity contribution in [2.75, 3.05) is 18.4 Å². The summed E-state index contributed by atoms with van der Waals surface area (Å²) in [6, 6.07) is 0.551. The molecule has 2 N–H and O–H groups in total. The minimum atomic E-state index is -0.181. The molecule has 2 amide bonds. The number of carbonyl (C=O) groups is 1. The molecule has 2 rings (SSSR count). The van der Waals surface area contributed by atoms with Gasteiger partial charge in [0, 0.05) is 24.0 Å². The molecule has 1 saturated heterocycles. The smallest absolute Gasteiger partial charge is 0.319 e. The van der Waals surface area contributed by atoms with Crippen LogP contribution in [0.4, 0.5) is 10.5 Å². The standard InChI is InChI=1S/C17H29N5O/c1-6-22-8-7-13(9-12(22)2)20-16(23)21-14-10-18-15(19-11-14)17(3,4)5/h10-13H,6-9H2,1-5H3,(H2,20,21,23). The Kier molecular flexibility index (Phi) is 5.57. The van der Waals surface area contributed by atoms with E-state index in [1.165, 1.54) is 0 Å². The third kappa shape index (κ3) is 4.89. The van der Waals surface area contributed by atoms with Crippen LogP contribution in [-0.2, 0) is 5.41 Å². The van der Waals surface area contributed by atoms with E-state index in [4.69, 9.17) is 0 Å². The molecule has 1 aromatic heterocycles. The maximum absolute atomic E-state index is 12.1. The van der Waals surface area contributed by atoms with E-state index in [0.29, 0.717) is 11.7 Å². The molecule has 0 saturated carbocycles. The van der Waals surface area contributed by atoms with Gasteiger partial charge in [0.2, 0.25) is 0 Å². The minimum Gasteiger partial charge on any atom is -0.335 e. The highest BCUT2D eigenvalue weighted by atomic mass is 16.2. The molecule has 6 heteroatoms. The molecule has 1 fully saturated rings. The summed E-state index contributed by atoms with van der Waals surface area (Å²) < 4.78 is 0. The number of nitrogens with one attached hydrogen (secondary N) is 2. The Labute approximate surface area is 139 Å². The lowest BCUT2D eigenvalue weighted by atomic mass is 9.96. The van der Waals surface area contributed by atoms with Gasteiger partial charge in [0.25, 0.3) is 0 Å². The van der Waals surface area contributed by atoms with Crippen LogP contribution in [0.1, 0.15) is 53.3 Å². The second-order valence-electron chi connectivity index (χ2n) is 7.34. The monoisotopic (exact) mass is 319 g/mol. The van der Waals surface area contributed by atoms with Gasteiger partial charge in [0.05, 0.1) is 18.1 Å². The predicted molar refractivity (Wildman–Crippen MR) is 92.6 cm³/mol. The van der Waals surface area contributed by atoms with Gasteiger partial charge in [-0.3, -0.25) is 0 Å². The Hall–Kier alpha value is -1.69. The number of piperidine rings is 1. The summed E-state index contributed by atoms with van der Waals surface area (Å²) in [4.78, 5) is 23.2. The van der Waals surface area contributed by atoms with Crippen LogP contribution in [0, 0.1) is 0 Å². The number of anilines is 1. The SMILES string of the molecule is CCN1CCC(NC(=O)Nc2cnc(C(C)(C)C)nc2)CC1C. The molecule has 1 aliphatic rings. The molecular weight excluding hydrogens is 290 g/mol. The summed E-state index contributed by atoms with van der Waals surface area (Å²) in [7, 11) is 0. The zero-order valence-electron chi connectivity index (χ0n) is 14.9. The largest absolute Gasteiger partial charge is 0.335 e. The highest BCUT2D eigenvalue weighted by molar-refractivity contribution is 5.89. The highest BCUT2D eigenvalue weighted by Gasteiger charge is 2.25. The van der Waals surface area contributed by atoms with Crippen molar-refractivity contribution in [2.45, 2.75) is 65.0 Å². The van der Waals surface area contributed by atoms with E-state index in [0.717, 1.165) is 31.8 Å². The van der Waals surface area contributed by atoms with Crippen LogP contribution in [0.3, 0.4) is 0 Å². The summed E-state index contributed by atoms with van der Waals surface area (Å²) in [5.74, 6) is 0.768. The molecule has 0 radical (unpaired) electrons. The number of carbonyl (C=O) groups excluding carboxylic acids is 1. The van der Waals surface area contributed by atoms with Crippen molar-refractivity contribution in [1.29, 1.82) is 0 Å². The van der Waals surface area contributed by atoms with Crippen LogP contribution >= 0.6 is 0 Å². The molecule has 6 nitrogen and oxygen atoms in total. The van der Waals surface area contributed by atoms with Gasteiger partial charge in [-0.15, -0.1) is 0 Å². The number of aromatic nitrogens is 2. The van der Waals surface area contributed by atoms with Gasteiger partial charge in [-0.05, 0) is 26.3 Å². The average Bonchev–Trinajstić information content (AvgIpc) is 2.47. The van der Waals surface area contributed by atoms with Gasteiger partial charge in [-0.2, -0.15) is 0 Å². The fourth-order valence-electron chi connectivity index (χ4n) is 2.95. The first-order chi connectivity index (χ1) is 10.8. The zero-order valence-corrected chi connectivity index (χ0v) is 14.9. The second-order valence-corrected chi connectivity index (χ2v) is 7.34. The quantitative estimate of drug-likeness (QED) is 0.899. The van der Waals surface area contributed by atoms with Gasteiger partial charge in [-0.1, -0.05) is 27.7 Å². The summed E-state index contributed by atoms with van der Waals surface area (Å²) >= 11 is 0. The third-order valence-electron chi connectivity index (χ3n) is 4.34. The van der Waals surface area contributed by atoms with Crippen molar-refractivity contribution in [1.82, 2.24) is 20.2 Å². The van der Waals surface area contributed by atoms with Crippen molar-refractivity contribution in [3.05, 3.63) is 18.2 Å². The summed E-state index contributed by atoms with van der Waals surface area (Å²) in [6.45, 7) is 12.7. The molecule has 23 heavy (non-hydrogen) atoms. The predicted octanol–water partition coefficient (Wildman–Crippen LogP) is 2.77. The first kappa shape index (κ1) is 17.7.